The number of hydrogen-bond acceptors (Lipinski definition) is 3. The first-order chi connectivity index (χ1) is 9.76. The Hall–Kier alpha value is -1.84. The third kappa shape index (κ3) is 5.58. The molecule has 0 saturated carbocycles. The van der Waals surface area contributed by atoms with Gasteiger partial charge in [-0.05, 0) is 51.8 Å². The first-order valence-electron chi connectivity index (χ1n) is 7.38. The summed E-state index contributed by atoms with van der Waals surface area (Å²) >= 11 is 0. The van der Waals surface area contributed by atoms with E-state index >= 15 is 0 Å². The smallest absolute Gasteiger partial charge is 0.315 e. The molecule has 0 heterocycles. The van der Waals surface area contributed by atoms with E-state index < -0.39 is 11.6 Å². The van der Waals surface area contributed by atoms with Crippen molar-refractivity contribution in [2.24, 2.45) is 0 Å². The minimum atomic E-state index is -0.572. The molecule has 0 atom stereocenters. The highest BCUT2D eigenvalue weighted by Gasteiger charge is 2.22. The van der Waals surface area contributed by atoms with E-state index in [9.17, 15) is 9.59 Å². The summed E-state index contributed by atoms with van der Waals surface area (Å²) in [6.07, 6.45) is 0.721. The fourth-order valence-electron chi connectivity index (χ4n) is 2.01. The Morgan fingerprint density at radius 2 is 1.67 bits per heavy atom. The van der Waals surface area contributed by atoms with Crippen molar-refractivity contribution in [2.45, 2.75) is 53.1 Å². The number of carbonyl (C=O) groups is 2. The van der Waals surface area contributed by atoms with Gasteiger partial charge in [0.2, 0.25) is 5.91 Å². The molecule has 0 aliphatic carbocycles. The van der Waals surface area contributed by atoms with Gasteiger partial charge in [-0.3, -0.25) is 9.59 Å². The summed E-state index contributed by atoms with van der Waals surface area (Å²) in [5.74, 6) is -0.730. The van der Waals surface area contributed by atoms with Gasteiger partial charge in [0.15, 0.2) is 0 Å². The van der Waals surface area contributed by atoms with Crippen molar-refractivity contribution in [3.05, 3.63) is 29.8 Å². The highest BCUT2D eigenvalue weighted by Crippen LogP contribution is 2.17. The van der Waals surface area contributed by atoms with E-state index in [0.717, 1.165) is 12.1 Å². The lowest BCUT2D eigenvalue weighted by atomic mass is 10.1. The summed E-state index contributed by atoms with van der Waals surface area (Å²) in [4.78, 5) is 25.6. The zero-order valence-electron chi connectivity index (χ0n) is 13.6. The lowest BCUT2D eigenvalue weighted by Crippen LogP contribution is -2.34. The summed E-state index contributed by atoms with van der Waals surface area (Å²) in [5.41, 5.74) is 1.45. The molecule has 116 valence electrons. The minimum absolute atomic E-state index is 0.235. The molecule has 0 saturated heterocycles. The van der Waals surface area contributed by atoms with E-state index in [1.807, 2.05) is 31.2 Å². The second-order valence-electron chi connectivity index (χ2n) is 5.92. The molecule has 0 aromatic heterocycles. The second-order valence-corrected chi connectivity index (χ2v) is 5.92. The molecule has 0 radical (unpaired) electrons. The Kier molecular flexibility index (Phi) is 5.94. The molecule has 1 amide bonds. The van der Waals surface area contributed by atoms with Gasteiger partial charge in [-0.1, -0.05) is 19.1 Å². The quantitative estimate of drug-likeness (QED) is 0.617. The minimum Gasteiger partial charge on any atom is -0.460 e. The predicted molar refractivity (Wildman–Crippen MR) is 84.3 cm³/mol. The van der Waals surface area contributed by atoms with Gasteiger partial charge in [0.1, 0.15) is 12.0 Å². The van der Waals surface area contributed by atoms with E-state index in [0.29, 0.717) is 6.54 Å². The van der Waals surface area contributed by atoms with Gasteiger partial charge in [0.05, 0.1) is 0 Å². The third-order valence-electron chi connectivity index (χ3n) is 2.99. The van der Waals surface area contributed by atoms with Crippen molar-refractivity contribution in [1.29, 1.82) is 0 Å². The number of anilines is 1. The maximum absolute atomic E-state index is 12.3. The number of benzene rings is 1. The number of amides is 1. The van der Waals surface area contributed by atoms with Crippen LogP contribution in [-0.4, -0.2) is 24.0 Å². The predicted octanol–water partition coefficient (Wildman–Crippen LogP) is 3.33. The normalized spacial score (nSPS) is 11.1. The van der Waals surface area contributed by atoms with Gasteiger partial charge in [0.25, 0.3) is 0 Å². The molecule has 1 aromatic carbocycles. The lowest BCUT2D eigenvalue weighted by Gasteiger charge is -2.23. The molecule has 0 unspecified atom stereocenters. The molecular formula is C17H25NO3. The molecule has 0 aliphatic rings. The first-order valence-corrected chi connectivity index (χ1v) is 7.38. The van der Waals surface area contributed by atoms with Gasteiger partial charge in [-0.2, -0.15) is 0 Å². The van der Waals surface area contributed by atoms with Crippen LogP contribution in [0.2, 0.25) is 0 Å². The van der Waals surface area contributed by atoms with Crippen LogP contribution in [0.3, 0.4) is 0 Å². The highest BCUT2D eigenvalue weighted by atomic mass is 16.6. The Balaban J connectivity index is 2.74. The van der Waals surface area contributed by atoms with E-state index in [-0.39, 0.29) is 12.3 Å². The van der Waals surface area contributed by atoms with Crippen molar-refractivity contribution in [2.75, 3.05) is 11.4 Å². The molecule has 0 fully saturated rings. The van der Waals surface area contributed by atoms with Gasteiger partial charge in [-0.25, -0.2) is 0 Å². The van der Waals surface area contributed by atoms with Crippen molar-refractivity contribution < 1.29 is 14.3 Å². The number of nitrogens with zero attached hydrogens (tertiary/aromatic N) is 1. The average Bonchev–Trinajstić information content (AvgIpc) is 2.38. The summed E-state index contributed by atoms with van der Waals surface area (Å²) in [5, 5.41) is 0. The van der Waals surface area contributed by atoms with Crippen LogP contribution in [-0.2, 0) is 20.7 Å². The molecule has 4 nitrogen and oxygen atoms in total. The second kappa shape index (κ2) is 7.25. The van der Waals surface area contributed by atoms with Crippen LogP contribution in [0.25, 0.3) is 0 Å². The zero-order valence-corrected chi connectivity index (χ0v) is 13.6. The van der Waals surface area contributed by atoms with Crippen molar-refractivity contribution in [3.8, 4) is 0 Å². The topological polar surface area (TPSA) is 46.6 Å². The highest BCUT2D eigenvalue weighted by molar-refractivity contribution is 6.03. The summed E-state index contributed by atoms with van der Waals surface area (Å²) in [6, 6.07) is 7.82. The van der Waals surface area contributed by atoms with Crippen molar-refractivity contribution >= 4 is 17.6 Å². The fourth-order valence-corrected chi connectivity index (χ4v) is 2.01. The molecule has 1 aromatic rings. The molecule has 0 bridgehead atoms. The number of rotatable bonds is 5. The Morgan fingerprint density at radius 1 is 1.10 bits per heavy atom. The van der Waals surface area contributed by atoms with Crippen molar-refractivity contribution in [1.82, 2.24) is 0 Å². The van der Waals surface area contributed by atoms with Crippen LogP contribution in [0.5, 0.6) is 0 Å². The third-order valence-corrected chi connectivity index (χ3v) is 2.99. The van der Waals surface area contributed by atoms with Gasteiger partial charge in [0, 0.05) is 12.2 Å². The average molecular weight is 291 g/mol. The fraction of sp³-hybridized carbons (Fsp3) is 0.529. The standard InChI is InChI=1S/C17H25NO3/c1-6-13-8-10-14(11-9-13)18(7-2)15(19)12-16(20)21-17(3,4)5/h8-11H,6-7,12H2,1-5H3. The molecule has 1 rings (SSSR count). The number of carbonyl (C=O) groups excluding carboxylic acids is 2. The first kappa shape index (κ1) is 17.2. The lowest BCUT2D eigenvalue weighted by molar-refractivity contribution is -0.156. The van der Waals surface area contributed by atoms with E-state index in [4.69, 9.17) is 4.74 Å². The van der Waals surface area contributed by atoms with Crippen molar-refractivity contribution in [3.63, 3.8) is 0 Å². The zero-order chi connectivity index (χ0) is 16.0. The summed E-state index contributed by atoms with van der Waals surface area (Å²) < 4.78 is 5.19. The monoisotopic (exact) mass is 291 g/mol. The van der Waals surface area contributed by atoms with Gasteiger partial charge < -0.3 is 9.64 Å². The van der Waals surface area contributed by atoms with Crippen LogP contribution < -0.4 is 4.90 Å². The molecule has 0 N–H and O–H groups in total. The molecule has 0 aliphatic heterocycles. The van der Waals surface area contributed by atoms with E-state index in [2.05, 4.69) is 6.92 Å². The maximum atomic E-state index is 12.3. The van der Waals surface area contributed by atoms with Crippen LogP contribution in [0.15, 0.2) is 24.3 Å². The largest absolute Gasteiger partial charge is 0.460 e. The molecule has 21 heavy (non-hydrogen) atoms. The number of ether oxygens (including phenoxy) is 1. The summed E-state index contributed by atoms with van der Waals surface area (Å²) in [6.45, 7) is 9.86. The number of esters is 1. The van der Waals surface area contributed by atoms with Crippen LogP contribution in [0.1, 0.15) is 46.6 Å². The Bertz CT molecular complexity index is 486. The molecule has 0 spiro atoms. The Morgan fingerprint density at radius 3 is 2.10 bits per heavy atom. The Labute approximate surface area is 127 Å². The maximum Gasteiger partial charge on any atom is 0.315 e. The van der Waals surface area contributed by atoms with E-state index in [1.54, 1.807) is 25.7 Å². The van der Waals surface area contributed by atoms with Gasteiger partial charge >= 0.3 is 5.97 Å². The van der Waals surface area contributed by atoms with Crippen LogP contribution in [0.4, 0.5) is 5.69 Å². The molecular weight excluding hydrogens is 266 g/mol. The van der Waals surface area contributed by atoms with Crippen LogP contribution >= 0.6 is 0 Å². The summed E-state index contributed by atoms with van der Waals surface area (Å²) in [7, 11) is 0. The SMILES string of the molecule is CCc1ccc(N(CC)C(=O)CC(=O)OC(C)(C)C)cc1. The number of aryl methyl sites for hydroxylation is 1. The number of hydrogen-bond donors (Lipinski definition) is 0. The van der Waals surface area contributed by atoms with Gasteiger partial charge in [-0.15, -0.1) is 0 Å². The van der Waals surface area contributed by atoms with Crippen LogP contribution in [0, 0.1) is 0 Å². The van der Waals surface area contributed by atoms with E-state index in [1.165, 1.54) is 5.56 Å². The molecule has 4 heteroatoms.